The summed E-state index contributed by atoms with van der Waals surface area (Å²) in [5.74, 6) is 0.263. The Hall–Kier alpha value is -2.49. The molecule has 0 saturated carbocycles. The van der Waals surface area contributed by atoms with Crippen LogP contribution in [-0.4, -0.2) is 26.0 Å². The highest BCUT2D eigenvalue weighted by molar-refractivity contribution is 7.99. The van der Waals surface area contributed by atoms with Gasteiger partial charge in [-0.05, 0) is 54.1 Å². The fourth-order valence-electron chi connectivity index (χ4n) is 2.64. The van der Waals surface area contributed by atoms with Crippen molar-refractivity contribution >= 4 is 62.8 Å². The number of anilines is 1. The third-order valence-electron chi connectivity index (χ3n) is 4.20. The molecule has 3 aromatic rings. The molecule has 3 aromatic carbocycles. The van der Waals surface area contributed by atoms with Gasteiger partial charge in [0.25, 0.3) is 10.1 Å². The number of hydrogen-bond acceptors (Lipinski definition) is 5. The minimum atomic E-state index is -4.29. The maximum absolute atomic E-state index is 12.2. The summed E-state index contributed by atoms with van der Waals surface area (Å²) in [6.45, 7) is 0. The molecule has 0 heterocycles. The zero-order valence-electron chi connectivity index (χ0n) is 16.6. The molecule has 0 fully saturated rings. The van der Waals surface area contributed by atoms with Crippen molar-refractivity contribution in [2.75, 3.05) is 12.4 Å². The fourth-order valence-corrected chi connectivity index (χ4v) is 4.65. The van der Waals surface area contributed by atoms with Crippen LogP contribution in [0.15, 0.2) is 81.4 Å². The molecule has 0 aromatic heterocycles. The van der Waals surface area contributed by atoms with Crippen LogP contribution in [0.5, 0.6) is 5.75 Å². The number of ether oxygens (including phenoxy) is 1. The summed E-state index contributed by atoms with van der Waals surface area (Å²) in [4.78, 5) is 13.5. The average Bonchev–Trinajstić information content (AvgIpc) is 2.76. The Kier molecular flexibility index (Phi) is 7.86. The summed E-state index contributed by atoms with van der Waals surface area (Å²) >= 11 is 14.3. The van der Waals surface area contributed by atoms with E-state index in [0.717, 1.165) is 15.5 Å². The molecule has 0 unspecified atom stereocenters. The van der Waals surface area contributed by atoms with E-state index in [1.807, 2.05) is 24.3 Å². The van der Waals surface area contributed by atoms with Crippen LogP contribution in [0, 0.1) is 0 Å². The molecule has 1 amide bonds. The Morgan fingerprint density at radius 3 is 2.34 bits per heavy atom. The second-order valence-electron chi connectivity index (χ2n) is 6.36. The molecule has 0 bridgehead atoms. The average molecular weight is 510 g/mol. The van der Waals surface area contributed by atoms with E-state index in [-0.39, 0.29) is 4.90 Å². The zero-order chi connectivity index (χ0) is 23.3. The zero-order valence-corrected chi connectivity index (χ0v) is 19.7. The lowest BCUT2D eigenvalue weighted by Gasteiger charge is -2.11. The first-order valence-corrected chi connectivity index (χ1v) is 12.1. The van der Waals surface area contributed by atoms with Crippen LogP contribution < -0.4 is 10.1 Å². The molecule has 32 heavy (non-hydrogen) atoms. The first kappa shape index (κ1) is 24.2. The molecular formula is C22H17Cl2NO5S2. The van der Waals surface area contributed by atoms with Gasteiger partial charge in [0.2, 0.25) is 5.91 Å². The molecule has 0 aliphatic heterocycles. The molecule has 0 radical (unpaired) electrons. The molecule has 0 aliphatic rings. The minimum Gasteiger partial charge on any atom is -0.496 e. The summed E-state index contributed by atoms with van der Waals surface area (Å²) in [7, 11) is -2.70. The molecule has 2 N–H and O–H groups in total. The second-order valence-corrected chi connectivity index (χ2v) is 9.62. The molecular weight excluding hydrogens is 493 g/mol. The normalized spacial score (nSPS) is 11.5. The topological polar surface area (TPSA) is 92.7 Å². The molecule has 0 aliphatic carbocycles. The predicted molar refractivity (Wildman–Crippen MR) is 127 cm³/mol. The summed E-state index contributed by atoms with van der Waals surface area (Å²) in [6, 6.07) is 16.2. The first-order chi connectivity index (χ1) is 15.2. The number of methoxy groups -OCH3 is 1. The lowest BCUT2D eigenvalue weighted by molar-refractivity contribution is -0.111. The van der Waals surface area contributed by atoms with Gasteiger partial charge in [-0.25, -0.2) is 0 Å². The number of benzene rings is 3. The SMILES string of the molecule is COc1ccccc1Sc1ccc(C=CC(=O)Nc2ccc(S(=O)(=O)O)cc2)c(Cl)c1Cl. The number of carbonyl (C=O) groups excluding carboxylic acids is 1. The van der Waals surface area contributed by atoms with Crippen molar-refractivity contribution in [3.8, 4) is 5.75 Å². The summed E-state index contributed by atoms with van der Waals surface area (Å²) in [5, 5.41) is 3.24. The van der Waals surface area contributed by atoms with Crippen LogP contribution in [0.4, 0.5) is 5.69 Å². The van der Waals surface area contributed by atoms with Crippen LogP contribution in [0.25, 0.3) is 6.08 Å². The van der Waals surface area contributed by atoms with Crippen LogP contribution in [0.3, 0.4) is 0 Å². The Balaban J connectivity index is 1.72. The van der Waals surface area contributed by atoms with Crippen LogP contribution >= 0.6 is 35.0 Å². The maximum atomic E-state index is 12.2. The third kappa shape index (κ3) is 6.05. The van der Waals surface area contributed by atoms with Crippen molar-refractivity contribution < 1.29 is 22.5 Å². The van der Waals surface area contributed by atoms with Gasteiger partial charge in [-0.1, -0.05) is 53.2 Å². The van der Waals surface area contributed by atoms with Crippen molar-refractivity contribution in [2.24, 2.45) is 0 Å². The predicted octanol–water partition coefficient (Wildman–Crippen LogP) is 6.05. The number of para-hydroxylation sites is 1. The molecule has 6 nitrogen and oxygen atoms in total. The smallest absolute Gasteiger partial charge is 0.294 e. The number of halogens is 2. The van der Waals surface area contributed by atoms with Gasteiger partial charge in [0.05, 0.1) is 26.9 Å². The van der Waals surface area contributed by atoms with Gasteiger partial charge in [-0.2, -0.15) is 8.42 Å². The van der Waals surface area contributed by atoms with E-state index in [1.165, 1.54) is 48.2 Å². The van der Waals surface area contributed by atoms with Crippen molar-refractivity contribution in [3.63, 3.8) is 0 Å². The van der Waals surface area contributed by atoms with Crippen molar-refractivity contribution in [3.05, 3.63) is 82.3 Å². The lowest BCUT2D eigenvalue weighted by Crippen LogP contribution is -2.08. The van der Waals surface area contributed by atoms with Gasteiger partial charge in [0.15, 0.2) is 0 Å². The van der Waals surface area contributed by atoms with Gasteiger partial charge >= 0.3 is 0 Å². The second kappa shape index (κ2) is 10.4. The minimum absolute atomic E-state index is 0.265. The van der Waals surface area contributed by atoms with Gasteiger partial charge in [0, 0.05) is 16.7 Å². The number of hydrogen-bond donors (Lipinski definition) is 2. The number of amides is 1. The molecule has 0 spiro atoms. The van der Waals surface area contributed by atoms with Crippen LogP contribution in [-0.2, 0) is 14.9 Å². The summed E-state index contributed by atoms with van der Waals surface area (Å²) < 4.78 is 36.5. The van der Waals surface area contributed by atoms with Crippen molar-refractivity contribution in [2.45, 2.75) is 14.7 Å². The Bertz CT molecular complexity index is 1280. The lowest BCUT2D eigenvalue weighted by atomic mass is 10.2. The fraction of sp³-hybridized carbons (Fsp3) is 0.0455. The van der Waals surface area contributed by atoms with Gasteiger partial charge in [-0.3, -0.25) is 9.35 Å². The van der Waals surface area contributed by atoms with E-state index in [1.54, 1.807) is 19.2 Å². The maximum Gasteiger partial charge on any atom is 0.294 e. The van der Waals surface area contributed by atoms with E-state index >= 15 is 0 Å². The van der Waals surface area contributed by atoms with Crippen molar-refractivity contribution in [1.82, 2.24) is 0 Å². The molecule has 10 heteroatoms. The highest BCUT2D eigenvalue weighted by Crippen LogP contribution is 2.42. The Morgan fingerprint density at radius 1 is 1.00 bits per heavy atom. The van der Waals surface area contributed by atoms with E-state index in [4.69, 9.17) is 32.5 Å². The summed E-state index contributed by atoms with van der Waals surface area (Å²) in [5.41, 5.74) is 0.914. The van der Waals surface area contributed by atoms with E-state index in [2.05, 4.69) is 5.32 Å². The van der Waals surface area contributed by atoms with Crippen LogP contribution in [0.2, 0.25) is 10.0 Å². The Morgan fingerprint density at radius 2 is 1.69 bits per heavy atom. The van der Waals surface area contributed by atoms with E-state index in [9.17, 15) is 13.2 Å². The highest BCUT2D eigenvalue weighted by atomic mass is 35.5. The van der Waals surface area contributed by atoms with E-state index < -0.39 is 16.0 Å². The number of carbonyl (C=O) groups is 1. The molecule has 0 saturated heterocycles. The quantitative estimate of drug-likeness (QED) is 0.297. The Labute approximate surface area is 199 Å². The van der Waals surface area contributed by atoms with Crippen LogP contribution in [0.1, 0.15) is 5.56 Å². The molecule has 3 rings (SSSR count). The monoisotopic (exact) mass is 509 g/mol. The molecule has 166 valence electrons. The van der Waals surface area contributed by atoms with Gasteiger partial charge in [-0.15, -0.1) is 0 Å². The number of nitrogens with one attached hydrogen (secondary N) is 1. The summed E-state index contributed by atoms with van der Waals surface area (Å²) in [6.07, 6.45) is 2.80. The highest BCUT2D eigenvalue weighted by Gasteiger charge is 2.13. The van der Waals surface area contributed by atoms with Gasteiger partial charge < -0.3 is 10.1 Å². The first-order valence-electron chi connectivity index (χ1n) is 9.04. The van der Waals surface area contributed by atoms with Crippen molar-refractivity contribution in [1.29, 1.82) is 0 Å². The van der Waals surface area contributed by atoms with E-state index in [0.29, 0.717) is 21.3 Å². The number of rotatable bonds is 7. The van der Waals surface area contributed by atoms with Gasteiger partial charge in [0.1, 0.15) is 5.75 Å². The largest absolute Gasteiger partial charge is 0.496 e. The standard InChI is InChI=1S/C22H17Cl2NO5S2/c1-30-17-4-2-3-5-18(17)31-19-12-6-14(21(23)22(19)24)7-13-20(26)25-15-8-10-16(11-9-15)32(27,28)29/h2-13H,1H3,(H,25,26)(H,27,28,29). The molecule has 0 atom stereocenters. The third-order valence-corrected chi connectivity index (χ3v) is 7.19.